The normalized spacial score (nSPS) is 10.2. The number of nitro groups is 1. The number of non-ortho nitro benzene ring substituents is 1. The standard InChI is InChI=1S/C12H9Br2N3O3/c13-7-1-2-12(11(14)3-7)20-10-5-8(16-15)4-9(6-10)17(18)19/h1-6,16H,15H2. The molecule has 2 aromatic carbocycles. The van der Waals surface area contributed by atoms with Crippen LogP contribution in [0.3, 0.4) is 0 Å². The smallest absolute Gasteiger partial charge is 0.275 e. The minimum atomic E-state index is -0.510. The zero-order valence-electron chi connectivity index (χ0n) is 9.97. The second-order valence-electron chi connectivity index (χ2n) is 3.79. The van der Waals surface area contributed by atoms with Crippen molar-refractivity contribution >= 4 is 43.2 Å². The molecule has 0 heterocycles. The summed E-state index contributed by atoms with van der Waals surface area (Å²) in [5.41, 5.74) is 2.65. The molecule has 0 fully saturated rings. The van der Waals surface area contributed by atoms with E-state index in [1.807, 2.05) is 6.07 Å². The first-order valence-electron chi connectivity index (χ1n) is 5.38. The van der Waals surface area contributed by atoms with E-state index in [0.717, 1.165) is 8.95 Å². The number of hydrogen-bond donors (Lipinski definition) is 2. The Morgan fingerprint density at radius 1 is 1.20 bits per heavy atom. The van der Waals surface area contributed by atoms with E-state index in [1.54, 1.807) is 18.2 Å². The maximum Gasteiger partial charge on any atom is 0.275 e. The molecule has 0 aromatic heterocycles. The number of nitrogens with two attached hydrogens (primary N) is 1. The molecule has 8 heteroatoms. The van der Waals surface area contributed by atoms with Crippen molar-refractivity contribution in [1.82, 2.24) is 0 Å². The maximum absolute atomic E-state index is 10.9. The van der Waals surface area contributed by atoms with Gasteiger partial charge in [-0.3, -0.25) is 16.0 Å². The fraction of sp³-hybridized carbons (Fsp3) is 0. The van der Waals surface area contributed by atoms with Crippen LogP contribution in [0, 0.1) is 10.1 Å². The third-order valence-electron chi connectivity index (χ3n) is 2.39. The van der Waals surface area contributed by atoms with Crippen molar-refractivity contribution in [2.24, 2.45) is 5.84 Å². The molecule has 0 unspecified atom stereocenters. The van der Waals surface area contributed by atoms with Crippen LogP contribution in [-0.4, -0.2) is 4.92 Å². The van der Waals surface area contributed by atoms with Crippen molar-refractivity contribution in [3.05, 3.63) is 55.5 Å². The van der Waals surface area contributed by atoms with Crippen LogP contribution in [0.25, 0.3) is 0 Å². The van der Waals surface area contributed by atoms with Gasteiger partial charge in [0, 0.05) is 16.6 Å². The number of nitrogen functional groups attached to an aromatic ring is 1. The van der Waals surface area contributed by atoms with Crippen molar-refractivity contribution in [2.45, 2.75) is 0 Å². The number of nitrogens with zero attached hydrogens (tertiary/aromatic N) is 1. The molecule has 6 nitrogen and oxygen atoms in total. The lowest BCUT2D eigenvalue weighted by Crippen LogP contribution is -2.07. The maximum atomic E-state index is 10.9. The number of nitrogens with one attached hydrogen (secondary N) is 1. The van der Waals surface area contributed by atoms with Gasteiger partial charge >= 0.3 is 0 Å². The molecule has 3 N–H and O–H groups in total. The number of anilines is 1. The minimum absolute atomic E-state index is 0.108. The summed E-state index contributed by atoms with van der Waals surface area (Å²) in [5, 5.41) is 10.9. The van der Waals surface area contributed by atoms with Gasteiger partial charge in [0.05, 0.1) is 21.1 Å². The summed E-state index contributed by atoms with van der Waals surface area (Å²) < 4.78 is 7.24. The number of benzene rings is 2. The molecular formula is C12H9Br2N3O3. The summed E-state index contributed by atoms with van der Waals surface area (Å²) in [6.07, 6.45) is 0. The van der Waals surface area contributed by atoms with Crippen molar-refractivity contribution < 1.29 is 9.66 Å². The predicted octanol–water partition coefficient (Wildman–Crippen LogP) is 4.20. The largest absolute Gasteiger partial charge is 0.456 e. The average molecular weight is 403 g/mol. The van der Waals surface area contributed by atoms with Gasteiger partial charge in [-0.15, -0.1) is 0 Å². The quantitative estimate of drug-likeness (QED) is 0.454. The molecule has 2 rings (SSSR count). The van der Waals surface area contributed by atoms with Crippen LogP contribution in [0.4, 0.5) is 11.4 Å². The first-order chi connectivity index (χ1) is 9.49. The van der Waals surface area contributed by atoms with Crippen LogP contribution < -0.4 is 16.0 Å². The van der Waals surface area contributed by atoms with Gasteiger partial charge in [0.2, 0.25) is 0 Å². The molecule has 0 bridgehead atoms. The average Bonchev–Trinajstić information content (AvgIpc) is 2.41. The van der Waals surface area contributed by atoms with Crippen molar-refractivity contribution in [3.63, 3.8) is 0 Å². The Labute approximate surface area is 131 Å². The van der Waals surface area contributed by atoms with Gasteiger partial charge in [-0.1, -0.05) is 15.9 Å². The highest BCUT2D eigenvalue weighted by Crippen LogP contribution is 2.34. The number of hydrogen-bond acceptors (Lipinski definition) is 5. The molecule has 0 atom stereocenters. The molecule has 20 heavy (non-hydrogen) atoms. The zero-order valence-corrected chi connectivity index (χ0v) is 13.1. The van der Waals surface area contributed by atoms with Gasteiger partial charge in [-0.25, -0.2) is 0 Å². The Morgan fingerprint density at radius 3 is 2.55 bits per heavy atom. The first-order valence-corrected chi connectivity index (χ1v) is 6.97. The Balaban J connectivity index is 2.37. The Morgan fingerprint density at radius 2 is 1.95 bits per heavy atom. The molecule has 0 radical (unpaired) electrons. The molecule has 0 spiro atoms. The van der Waals surface area contributed by atoms with Gasteiger partial charge in [0.15, 0.2) is 0 Å². The summed E-state index contributed by atoms with van der Waals surface area (Å²) in [4.78, 5) is 10.3. The highest BCUT2D eigenvalue weighted by molar-refractivity contribution is 9.11. The van der Waals surface area contributed by atoms with Gasteiger partial charge in [0.25, 0.3) is 5.69 Å². The van der Waals surface area contributed by atoms with E-state index in [4.69, 9.17) is 10.6 Å². The van der Waals surface area contributed by atoms with E-state index in [0.29, 0.717) is 17.2 Å². The van der Waals surface area contributed by atoms with E-state index in [9.17, 15) is 10.1 Å². The van der Waals surface area contributed by atoms with Crippen molar-refractivity contribution in [2.75, 3.05) is 5.43 Å². The van der Waals surface area contributed by atoms with Crippen molar-refractivity contribution in [3.8, 4) is 11.5 Å². The van der Waals surface area contributed by atoms with Crippen LogP contribution in [0.1, 0.15) is 0 Å². The fourth-order valence-electron chi connectivity index (χ4n) is 1.52. The Hall–Kier alpha value is -1.64. The molecule has 2 aromatic rings. The molecule has 0 amide bonds. The highest BCUT2D eigenvalue weighted by atomic mass is 79.9. The van der Waals surface area contributed by atoms with Crippen LogP contribution in [0.2, 0.25) is 0 Å². The van der Waals surface area contributed by atoms with Crippen LogP contribution in [-0.2, 0) is 0 Å². The van der Waals surface area contributed by atoms with Gasteiger partial charge in [0.1, 0.15) is 11.5 Å². The third kappa shape index (κ3) is 3.47. The Kier molecular flexibility index (Phi) is 4.58. The molecule has 0 saturated carbocycles. The first kappa shape index (κ1) is 14.8. The predicted molar refractivity (Wildman–Crippen MR) is 82.8 cm³/mol. The van der Waals surface area contributed by atoms with E-state index in [-0.39, 0.29) is 5.69 Å². The topological polar surface area (TPSA) is 90.4 Å². The number of halogens is 2. The lowest BCUT2D eigenvalue weighted by atomic mass is 10.2. The second kappa shape index (κ2) is 6.21. The number of hydrazine groups is 1. The van der Waals surface area contributed by atoms with Gasteiger partial charge in [-0.05, 0) is 34.1 Å². The Bertz CT molecular complexity index is 664. The molecular weight excluding hydrogens is 394 g/mol. The van der Waals surface area contributed by atoms with Gasteiger partial charge < -0.3 is 10.2 Å². The van der Waals surface area contributed by atoms with Crippen LogP contribution in [0.15, 0.2) is 45.3 Å². The SMILES string of the molecule is NNc1cc(Oc2ccc(Br)cc2Br)cc([N+](=O)[O-])c1. The molecule has 0 aliphatic rings. The molecule has 104 valence electrons. The van der Waals surface area contributed by atoms with E-state index in [2.05, 4.69) is 37.3 Å². The number of nitro benzene ring substituents is 1. The van der Waals surface area contributed by atoms with Crippen LogP contribution >= 0.6 is 31.9 Å². The summed E-state index contributed by atoms with van der Waals surface area (Å²) in [6, 6.07) is 9.58. The van der Waals surface area contributed by atoms with E-state index >= 15 is 0 Å². The third-order valence-corrected chi connectivity index (χ3v) is 3.50. The van der Waals surface area contributed by atoms with Crippen LogP contribution in [0.5, 0.6) is 11.5 Å². The summed E-state index contributed by atoms with van der Waals surface area (Å²) in [6.45, 7) is 0. The number of ether oxygens (including phenoxy) is 1. The van der Waals surface area contributed by atoms with Gasteiger partial charge in [-0.2, -0.15) is 0 Å². The summed E-state index contributed by atoms with van der Waals surface area (Å²) >= 11 is 6.69. The number of rotatable bonds is 4. The zero-order chi connectivity index (χ0) is 14.7. The molecule has 0 saturated heterocycles. The minimum Gasteiger partial charge on any atom is -0.456 e. The lowest BCUT2D eigenvalue weighted by Gasteiger charge is -2.09. The molecule has 0 aliphatic carbocycles. The lowest BCUT2D eigenvalue weighted by molar-refractivity contribution is -0.384. The summed E-state index contributed by atoms with van der Waals surface area (Å²) in [5.74, 6) is 6.14. The molecule has 0 aliphatic heterocycles. The monoisotopic (exact) mass is 401 g/mol. The van der Waals surface area contributed by atoms with E-state index < -0.39 is 4.92 Å². The highest BCUT2D eigenvalue weighted by Gasteiger charge is 2.12. The summed E-state index contributed by atoms with van der Waals surface area (Å²) in [7, 11) is 0. The van der Waals surface area contributed by atoms with Crippen molar-refractivity contribution in [1.29, 1.82) is 0 Å². The van der Waals surface area contributed by atoms with E-state index in [1.165, 1.54) is 12.1 Å². The second-order valence-corrected chi connectivity index (χ2v) is 5.56. The fourth-order valence-corrected chi connectivity index (χ4v) is 2.64.